The second kappa shape index (κ2) is 6.17. The van der Waals surface area contributed by atoms with Gasteiger partial charge in [-0.2, -0.15) is 0 Å². The van der Waals surface area contributed by atoms with Crippen molar-refractivity contribution in [3.8, 4) is 11.5 Å². The van der Waals surface area contributed by atoms with Gasteiger partial charge in [0, 0.05) is 10.5 Å². The average molecular weight is 324 g/mol. The molecular formula is C15H15BrFNO. The highest BCUT2D eigenvalue weighted by Crippen LogP contribution is 2.28. The van der Waals surface area contributed by atoms with E-state index < -0.39 is 5.82 Å². The summed E-state index contributed by atoms with van der Waals surface area (Å²) in [5.41, 5.74) is 6.98. The van der Waals surface area contributed by atoms with E-state index in [1.54, 1.807) is 24.3 Å². The van der Waals surface area contributed by atoms with Crippen LogP contribution in [-0.2, 0) is 0 Å². The number of ether oxygens (including phenoxy) is 1. The zero-order valence-corrected chi connectivity index (χ0v) is 12.2. The quantitative estimate of drug-likeness (QED) is 0.877. The molecule has 2 aromatic rings. The molecule has 0 fully saturated rings. The van der Waals surface area contributed by atoms with Gasteiger partial charge in [0.2, 0.25) is 0 Å². The maximum Gasteiger partial charge on any atom is 0.165 e. The fourth-order valence-electron chi connectivity index (χ4n) is 1.70. The lowest BCUT2D eigenvalue weighted by Gasteiger charge is -2.11. The third kappa shape index (κ3) is 3.55. The van der Waals surface area contributed by atoms with Crippen LogP contribution in [0.2, 0.25) is 0 Å². The lowest BCUT2D eigenvalue weighted by Crippen LogP contribution is -2.08. The zero-order valence-electron chi connectivity index (χ0n) is 10.6. The van der Waals surface area contributed by atoms with Crippen molar-refractivity contribution in [2.24, 2.45) is 5.73 Å². The molecule has 19 heavy (non-hydrogen) atoms. The molecule has 0 radical (unpaired) electrons. The number of benzene rings is 2. The summed E-state index contributed by atoms with van der Waals surface area (Å²) < 4.78 is 19.8. The van der Waals surface area contributed by atoms with E-state index >= 15 is 0 Å². The van der Waals surface area contributed by atoms with Gasteiger partial charge in [0.05, 0.1) is 0 Å². The molecule has 0 aliphatic carbocycles. The molecule has 2 nitrogen and oxygen atoms in total. The molecule has 0 bridgehead atoms. The first-order valence-corrected chi connectivity index (χ1v) is 6.88. The minimum atomic E-state index is -0.391. The standard InChI is InChI=1S/C15H15BrFNO/c1-2-14(18)10-3-6-12(7-4-10)19-15-9-11(16)5-8-13(15)17/h3-9,14H,2,18H2,1H3/t14-/m0/s1. The van der Waals surface area contributed by atoms with Crippen LogP contribution in [0.15, 0.2) is 46.9 Å². The Balaban J connectivity index is 2.17. The van der Waals surface area contributed by atoms with E-state index in [2.05, 4.69) is 15.9 Å². The summed E-state index contributed by atoms with van der Waals surface area (Å²) in [5, 5.41) is 0. The van der Waals surface area contributed by atoms with E-state index in [0.29, 0.717) is 5.75 Å². The molecule has 0 saturated carbocycles. The van der Waals surface area contributed by atoms with Crippen LogP contribution < -0.4 is 10.5 Å². The van der Waals surface area contributed by atoms with Gasteiger partial charge in [0.25, 0.3) is 0 Å². The Hall–Kier alpha value is -1.39. The molecule has 0 aromatic heterocycles. The first kappa shape index (κ1) is 14.0. The number of rotatable bonds is 4. The summed E-state index contributed by atoms with van der Waals surface area (Å²) in [4.78, 5) is 0. The maximum atomic E-state index is 13.6. The van der Waals surface area contributed by atoms with Crippen LogP contribution in [0, 0.1) is 5.82 Å². The van der Waals surface area contributed by atoms with Gasteiger partial charge >= 0.3 is 0 Å². The van der Waals surface area contributed by atoms with E-state index in [4.69, 9.17) is 10.5 Å². The third-order valence-electron chi connectivity index (χ3n) is 2.87. The first-order valence-electron chi connectivity index (χ1n) is 6.08. The highest BCUT2D eigenvalue weighted by molar-refractivity contribution is 9.10. The SMILES string of the molecule is CC[C@H](N)c1ccc(Oc2cc(Br)ccc2F)cc1. The van der Waals surface area contributed by atoms with E-state index in [1.165, 1.54) is 6.07 Å². The summed E-state index contributed by atoms with van der Waals surface area (Å²) >= 11 is 3.29. The highest BCUT2D eigenvalue weighted by Gasteiger charge is 2.07. The molecule has 0 amide bonds. The lowest BCUT2D eigenvalue weighted by molar-refractivity contribution is 0.441. The third-order valence-corrected chi connectivity index (χ3v) is 3.36. The number of hydrogen-bond acceptors (Lipinski definition) is 2. The van der Waals surface area contributed by atoms with Crippen molar-refractivity contribution in [3.63, 3.8) is 0 Å². The Labute approximate surface area is 120 Å². The molecular weight excluding hydrogens is 309 g/mol. The van der Waals surface area contributed by atoms with Crippen LogP contribution in [-0.4, -0.2) is 0 Å². The van der Waals surface area contributed by atoms with Gasteiger partial charge in [-0.25, -0.2) is 4.39 Å². The lowest BCUT2D eigenvalue weighted by atomic mass is 10.1. The van der Waals surface area contributed by atoms with Gasteiger partial charge in [-0.3, -0.25) is 0 Å². The molecule has 0 heterocycles. The van der Waals surface area contributed by atoms with Crippen LogP contribution >= 0.6 is 15.9 Å². The van der Waals surface area contributed by atoms with Crippen LogP contribution in [0.4, 0.5) is 4.39 Å². The Kier molecular flexibility index (Phi) is 4.56. The van der Waals surface area contributed by atoms with Crippen LogP contribution in [0.25, 0.3) is 0 Å². The number of nitrogens with two attached hydrogens (primary N) is 1. The average Bonchev–Trinajstić information content (AvgIpc) is 2.43. The maximum absolute atomic E-state index is 13.6. The van der Waals surface area contributed by atoms with Crippen molar-refractivity contribution >= 4 is 15.9 Å². The monoisotopic (exact) mass is 323 g/mol. The Morgan fingerprint density at radius 1 is 1.21 bits per heavy atom. The second-order valence-electron chi connectivity index (χ2n) is 4.26. The van der Waals surface area contributed by atoms with E-state index in [0.717, 1.165) is 16.5 Å². The number of halogens is 2. The van der Waals surface area contributed by atoms with Crippen LogP contribution in [0.5, 0.6) is 11.5 Å². The molecule has 2 aromatic carbocycles. The summed E-state index contributed by atoms with van der Waals surface area (Å²) in [6.45, 7) is 2.03. The normalized spacial score (nSPS) is 12.2. The van der Waals surface area contributed by atoms with Crippen molar-refractivity contribution in [3.05, 3.63) is 58.3 Å². The fourth-order valence-corrected chi connectivity index (χ4v) is 2.04. The van der Waals surface area contributed by atoms with Crippen LogP contribution in [0.3, 0.4) is 0 Å². The van der Waals surface area contributed by atoms with Crippen molar-refractivity contribution in [1.82, 2.24) is 0 Å². The molecule has 0 aliphatic rings. The van der Waals surface area contributed by atoms with Crippen molar-refractivity contribution in [1.29, 1.82) is 0 Å². The van der Waals surface area contributed by atoms with Gasteiger partial charge in [0.1, 0.15) is 5.75 Å². The van der Waals surface area contributed by atoms with E-state index in [1.807, 2.05) is 19.1 Å². The molecule has 100 valence electrons. The van der Waals surface area contributed by atoms with Gasteiger partial charge < -0.3 is 10.5 Å². The van der Waals surface area contributed by atoms with Crippen molar-refractivity contribution < 1.29 is 9.13 Å². The Bertz CT molecular complexity index is 557. The van der Waals surface area contributed by atoms with Gasteiger partial charge in [-0.15, -0.1) is 0 Å². The Morgan fingerprint density at radius 2 is 1.89 bits per heavy atom. The van der Waals surface area contributed by atoms with Gasteiger partial charge in [0.15, 0.2) is 11.6 Å². The fraction of sp³-hybridized carbons (Fsp3) is 0.200. The van der Waals surface area contributed by atoms with Gasteiger partial charge in [-0.05, 0) is 42.3 Å². The predicted octanol–water partition coefficient (Wildman–Crippen LogP) is 4.79. The molecule has 0 unspecified atom stereocenters. The topological polar surface area (TPSA) is 35.2 Å². The molecule has 2 rings (SSSR count). The molecule has 1 atom stereocenters. The number of hydrogen-bond donors (Lipinski definition) is 1. The highest BCUT2D eigenvalue weighted by atomic mass is 79.9. The predicted molar refractivity (Wildman–Crippen MR) is 77.8 cm³/mol. The van der Waals surface area contributed by atoms with E-state index in [9.17, 15) is 4.39 Å². The van der Waals surface area contributed by atoms with Crippen molar-refractivity contribution in [2.75, 3.05) is 0 Å². The summed E-state index contributed by atoms with van der Waals surface area (Å²) in [7, 11) is 0. The summed E-state index contributed by atoms with van der Waals surface area (Å²) in [6.07, 6.45) is 0.875. The summed E-state index contributed by atoms with van der Waals surface area (Å²) in [6, 6.07) is 12.0. The molecule has 2 N–H and O–H groups in total. The first-order chi connectivity index (χ1) is 9.10. The smallest absolute Gasteiger partial charge is 0.165 e. The minimum absolute atomic E-state index is 0.0247. The summed E-state index contributed by atoms with van der Waals surface area (Å²) in [5.74, 6) is 0.392. The molecule has 0 spiro atoms. The van der Waals surface area contributed by atoms with Crippen molar-refractivity contribution in [2.45, 2.75) is 19.4 Å². The minimum Gasteiger partial charge on any atom is -0.454 e. The van der Waals surface area contributed by atoms with Gasteiger partial charge in [-0.1, -0.05) is 35.0 Å². The zero-order chi connectivity index (χ0) is 13.8. The Morgan fingerprint density at radius 3 is 2.53 bits per heavy atom. The van der Waals surface area contributed by atoms with Crippen LogP contribution in [0.1, 0.15) is 24.9 Å². The molecule has 4 heteroatoms. The molecule has 0 aliphatic heterocycles. The van der Waals surface area contributed by atoms with E-state index in [-0.39, 0.29) is 11.8 Å². The molecule has 0 saturated heterocycles. The second-order valence-corrected chi connectivity index (χ2v) is 5.18. The largest absolute Gasteiger partial charge is 0.454 e.